The minimum atomic E-state index is 0.642. The summed E-state index contributed by atoms with van der Waals surface area (Å²) in [5, 5.41) is 0. The van der Waals surface area contributed by atoms with Crippen molar-refractivity contribution >= 4 is 21.5 Å². The van der Waals surface area contributed by atoms with E-state index in [9.17, 15) is 0 Å². The molecule has 0 aromatic heterocycles. The average molecular weight is 238 g/mol. The van der Waals surface area contributed by atoms with Crippen LogP contribution in [0, 0.1) is 0 Å². The van der Waals surface area contributed by atoms with E-state index in [0.29, 0.717) is 6.54 Å². The van der Waals surface area contributed by atoms with Crippen LogP contribution in [0.4, 0.5) is 0 Å². The Kier molecular flexibility index (Phi) is 2.51. The molecule has 0 amide bonds. The van der Waals surface area contributed by atoms with Crippen LogP contribution >= 0.6 is 15.9 Å². The molecular weight excluding hydrogens is 226 g/mol. The van der Waals surface area contributed by atoms with Gasteiger partial charge in [0, 0.05) is 11.0 Å². The third-order valence-corrected chi connectivity index (χ3v) is 3.21. The van der Waals surface area contributed by atoms with Crippen molar-refractivity contribution in [2.45, 2.75) is 12.8 Å². The van der Waals surface area contributed by atoms with Gasteiger partial charge in [0.05, 0.1) is 0 Å². The number of allylic oxidation sites excluding steroid dienone is 1. The van der Waals surface area contributed by atoms with Crippen LogP contribution in [-0.2, 0) is 6.42 Å². The number of benzene rings is 1. The number of nitrogens with two attached hydrogens (primary N) is 1. The van der Waals surface area contributed by atoms with Gasteiger partial charge in [-0.05, 0) is 35.6 Å². The topological polar surface area (TPSA) is 26.0 Å². The van der Waals surface area contributed by atoms with Crippen molar-refractivity contribution in [3.8, 4) is 0 Å². The van der Waals surface area contributed by atoms with E-state index in [1.165, 1.54) is 21.2 Å². The van der Waals surface area contributed by atoms with E-state index in [4.69, 9.17) is 5.73 Å². The van der Waals surface area contributed by atoms with E-state index in [-0.39, 0.29) is 0 Å². The average Bonchev–Trinajstić information content (AvgIpc) is 2.18. The van der Waals surface area contributed by atoms with E-state index in [2.05, 4.69) is 40.2 Å². The predicted molar refractivity (Wildman–Crippen MR) is 59.5 cm³/mol. The molecule has 13 heavy (non-hydrogen) atoms. The summed E-state index contributed by atoms with van der Waals surface area (Å²) < 4.78 is 1.21. The summed E-state index contributed by atoms with van der Waals surface area (Å²) in [4.78, 5) is 0. The Bertz CT molecular complexity index is 355. The van der Waals surface area contributed by atoms with E-state index in [0.717, 1.165) is 12.8 Å². The Hall–Kier alpha value is -0.600. The van der Waals surface area contributed by atoms with Gasteiger partial charge in [-0.1, -0.05) is 34.1 Å². The largest absolute Gasteiger partial charge is 0.326 e. The Labute approximate surface area is 86.8 Å². The standard InChI is InChI=1S/C11H12BrN/c12-11-6-2-4-9-8(7-13)3-1-5-10(9)11/h2-4,6H,1,5,7,13H2. The molecule has 1 aliphatic carbocycles. The minimum Gasteiger partial charge on any atom is -0.326 e. The summed E-state index contributed by atoms with van der Waals surface area (Å²) in [6.07, 6.45) is 4.48. The first kappa shape index (κ1) is 8.97. The van der Waals surface area contributed by atoms with Crippen LogP contribution < -0.4 is 5.73 Å². The third-order valence-electron chi connectivity index (χ3n) is 2.47. The van der Waals surface area contributed by atoms with Crippen molar-refractivity contribution in [2.75, 3.05) is 6.54 Å². The Morgan fingerprint density at radius 1 is 1.38 bits per heavy atom. The van der Waals surface area contributed by atoms with Crippen LogP contribution in [0.25, 0.3) is 5.57 Å². The molecule has 0 bridgehead atoms. The highest BCUT2D eigenvalue weighted by molar-refractivity contribution is 9.10. The van der Waals surface area contributed by atoms with Gasteiger partial charge in [0.2, 0.25) is 0 Å². The van der Waals surface area contributed by atoms with Gasteiger partial charge in [-0.15, -0.1) is 0 Å². The summed E-state index contributed by atoms with van der Waals surface area (Å²) >= 11 is 3.57. The van der Waals surface area contributed by atoms with Gasteiger partial charge < -0.3 is 5.73 Å². The molecule has 0 heterocycles. The van der Waals surface area contributed by atoms with Crippen molar-refractivity contribution < 1.29 is 0 Å². The van der Waals surface area contributed by atoms with Crippen LogP contribution in [0.3, 0.4) is 0 Å². The molecule has 0 unspecified atom stereocenters. The Balaban J connectivity index is 2.55. The third kappa shape index (κ3) is 1.56. The second-order valence-electron chi connectivity index (χ2n) is 3.24. The molecule has 1 nitrogen and oxygen atoms in total. The van der Waals surface area contributed by atoms with Crippen molar-refractivity contribution in [3.63, 3.8) is 0 Å². The van der Waals surface area contributed by atoms with Gasteiger partial charge in [0.15, 0.2) is 0 Å². The smallest absolute Gasteiger partial charge is 0.0213 e. The highest BCUT2D eigenvalue weighted by atomic mass is 79.9. The van der Waals surface area contributed by atoms with Crippen LogP contribution in [-0.4, -0.2) is 6.54 Å². The first-order chi connectivity index (χ1) is 6.33. The molecule has 0 atom stereocenters. The number of fused-ring (bicyclic) bond motifs is 1. The van der Waals surface area contributed by atoms with Crippen LogP contribution in [0.2, 0.25) is 0 Å². The summed E-state index contributed by atoms with van der Waals surface area (Å²) in [5.41, 5.74) is 9.69. The molecule has 68 valence electrons. The van der Waals surface area contributed by atoms with E-state index in [1.54, 1.807) is 0 Å². The summed E-state index contributed by atoms with van der Waals surface area (Å²) in [6.45, 7) is 0.642. The van der Waals surface area contributed by atoms with Gasteiger partial charge >= 0.3 is 0 Å². The molecule has 1 aliphatic rings. The van der Waals surface area contributed by atoms with E-state index >= 15 is 0 Å². The molecule has 1 aromatic rings. The molecule has 0 spiro atoms. The van der Waals surface area contributed by atoms with Crippen molar-refractivity contribution in [1.29, 1.82) is 0 Å². The van der Waals surface area contributed by atoms with Crippen molar-refractivity contribution in [3.05, 3.63) is 39.9 Å². The molecule has 0 radical (unpaired) electrons. The second-order valence-corrected chi connectivity index (χ2v) is 4.09. The lowest BCUT2D eigenvalue weighted by atomic mass is 9.91. The van der Waals surface area contributed by atoms with Crippen LogP contribution in [0.5, 0.6) is 0 Å². The van der Waals surface area contributed by atoms with E-state index in [1.807, 2.05) is 0 Å². The maximum atomic E-state index is 5.68. The van der Waals surface area contributed by atoms with Gasteiger partial charge in [0.1, 0.15) is 0 Å². The summed E-state index contributed by atoms with van der Waals surface area (Å²) in [6, 6.07) is 6.31. The van der Waals surface area contributed by atoms with Crippen LogP contribution in [0.15, 0.2) is 28.7 Å². The zero-order valence-electron chi connectivity index (χ0n) is 7.39. The molecule has 0 fully saturated rings. The minimum absolute atomic E-state index is 0.642. The maximum Gasteiger partial charge on any atom is 0.0213 e. The predicted octanol–water partition coefficient (Wildman–Crippen LogP) is 2.74. The second kappa shape index (κ2) is 3.64. The monoisotopic (exact) mass is 237 g/mol. The van der Waals surface area contributed by atoms with Gasteiger partial charge in [-0.2, -0.15) is 0 Å². The zero-order valence-corrected chi connectivity index (χ0v) is 8.97. The summed E-state index contributed by atoms with van der Waals surface area (Å²) in [7, 11) is 0. The fourth-order valence-electron chi connectivity index (χ4n) is 1.81. The Morgan fingerprint density at radius 2 is 2.23 bits per heavy atom. The number of halogens is 1. The molecule has 2 rings (SSSR count). The molecular formula is C11H12BrN. The highest BCUT2D eigenvalue weighted by Crippen LogP contribution is 2.30. The highest BCUT2D eigenvalue weighted by Gasteiger charge is 2.12. The lowest BCUT2D eigenvalue weighted by Gasteiger charge is -2.17. The first-order valence-electron chi connectivity index (χ1n) is 4.50. The van der Waals surface area contributed by atoms with Crippen molar-refractivity contribution in [2.24, 2.45) is 5.73 Å². The number of rotatable bonds is 1. The molecule has 0 aliphatic heterocycles. The molecule has 0 saturated heterocycles. The quantitative estimate of drug-likeness (QED) is 0.799. The first-order valence-corrected chi connectivity index (χ1v) is 5.29. The number of hydrogen-bond donors (Lipinski definition) is 1. The molecule has 0 saturated carbocycles. The SMILES string of the molecule is NCC1=CCCc2c(Br)cccc21. The molecule has 2 N–H and O–H groups in total. The molecule has 1 aromatic carbocycles. The number of hydrogen-bond acceptors (Lipinski definition) is 1. The van der Waals surface area contributed by atoms with E-state index < -0.39 is 0 Å². The fourth-order valence-corrected chi connectivity index (χ4v) is 2.37. The normalized spacial score (nSPS) is 15.1. The van der Waals surface area contributed by atoms with Gasteiger partial charge in [-0.3, -0.25) is 0 Å². The zero-order chi connectivity index (χ0) is 9.26. The lowest BCUT2D eigenvalue weighted by molar-refractivity contribution is 0.960. The van der Waals surface area contributed by atoms with Gasteiger partial charge in [-0.25, -0.2) is 0 Å². The van der Waals surface area contributed by atoms with Crippen LogP contribution in [0.1, 0.15) is 17.5 Å². The maximum absolute atomic E-state index is 5.68. The fraction of sp³-hybridized carbons (Fsp3) is 0.273. The van der Waals surface area contributed by atoms with Gasteiger partial charge in [0.25, 0.3) is 0 Å². The molecule has 2 heteroatoms. The lowest BCUT2D eigenvalue weighted by Crippen LogP contribution is -2.08. The van der Waals surface area contributed by atoms with Crippen molar-refractivity contribution in [1.82, 2.24) is 0 Å². The Morgan fingerprint density at radius 3 is 3.00 bits per heavy atom. The summed E-state index contributed by atoms with van der Waals surface area (Å²) in [5.74, 6) is 0.